The number of likely N-dealkylation sites (N-methyl/N-ethyl adjacent to an activating group) is 1. The van der Waals surface area contributed by atoms with Crippen molar-refractivity contribution in [3.63, 3.8) is 0 Å². The van der Waals surface area contributed by atoms with Crippen LogP contribution in [0.25, 0.3) is 0 Å². The fraction of sp³-hybridized carbons (Fsp3) is 0.455. The minimum atomic E-state index is -0.432. The van der Waals surface area contributed by atoms with E-state index in [1.54, 1.807) is 18.4 Å². The summed E-state index contributed by atoms with van der Waals surface area (Å²) in [6.45, 7) is 5.90. The van der Waals surface area contributed by atoms with Crippen LogP contribution in [-0.2, 0) is 16.1 Å². The molecule has 1 heterocycles. The van der Waals surface area contributed by atoms with Crippen LogP contribution in [0.1, 0.15) is 22.2 Å². The summed E-state index contributed by atoms with van der Waals surface area (Å²) >= 11 is 5.91. The minimum Gasteiger partial charge on any atom is -0.334 e. The quantitative estimate of drug-likeness (QED) is 0.491. The number of thiophene rings is 1. The highest BCUT2D eigenvalue weighted by Crippen LogP contribution is 2.21. The molecule has 6 heteroatoms. The Morgan fingerprint density at radius 2 is 1.88 bits per heavy atom. The lowest BCUT2D eigenvalue weighted by Crippen LogP contribution is -2.30. The van der Waals surface area contributed by atoms with Gasteiger partial charge in [-0.2, -0.15) is 0 Å². The number of aryl methyl sites for hydroxylation is 2. The molecular formula is C11H15I2NO2S. The van der Waals surface area contributed by atoms with Crippen LogP contribution in [0.2, 0.25) is 0 Å². The number of Topliss-reactive ketones (excluding diaryl/α,β-unsaturated/α-hetero) is 1. The Morgan fingerprint density at radius 3 is 2.24 bits per heavy atom. The van der Waals surface area contributed by atoms with Crippen LogP contribution in [0.3, 0.4) is 0 Å². The van der Waals surface area contributed by atoms with Crippen molar-refractivity contribution in [1.82, 2.24) is 4.90 Å². The third-order valence-electron chi connectivity index (χ3n) is 2.26. The van der Waals surface area contributed by atoms with Gasteiger partial charge in [-0.25, -0.2) is 0 Å². The second-order valence-corrected chi connectivity index (χ2v) is 5.01. The molecule has 17 heavy (non-hydrogen) atoms. The first-order valence-electron chi connectivity index (χ1n) is 4.88. The van der Waals surface area contributed by atoms with Gasteiger partial charge in [-0.05, 0) is 25.5 Å². The van der Waals surface area contributed by atoms with E-state index in [0.717, 1.165) is 4.88 Å². The lowest BCUT2D eigenvalue weighted by Gasteiger charge is -2.13. The van der Waals surface area contributed by atoms with Crippen LogP contribution in [0.4, 0.5) is 0 Å². The number of hydrogen-bond acceptors (Lipinski definition) is 3. The summed E-state index contributed by atoms with van der Waals surface area (Å²) in [4.78, 5) is 26.0. The van der Waals surface area contributed by atoms with E-state index in [0.29, 0.717) is 6.54 Å². The SMILES string of the molecule is CC(=O)C(=O)N(C)Cc1cc(C)c(C)s1.II. The summed E-state index contributed by atoms with van der Waals surface area (Å²) in [5.74, 6) is -0.846. The van der Waals surface area contributed by atoms with E-state index < -0.39 is 11.7 Å². The first-order valence-corrected chi connectivity index (χ1v) is 12.0. The fourth-order valence-electron chi connectivity index (χ4n) is 1.30. The molecule has 96 valence electrons. The molecular weight excluding hydrogens is 464 g/mol. The number of rotatable bonds is 3. The molecule has 0 aliphatic carbocycles. The van der Waals surface area contributed by atoms with Gasteiger partial charge in [0.15, 0.2) is 0 Å². The maximum absolute atomic E-state index is 11.3. The predicted molar refractivity (Wildman–Crippen MR) is 89.0 cm³/mol. The summed E-state index contributed by atoms with van der Waals surface area (Å²) in [5.41, 5.74) is 1.23. The van der Waals surface area contributed by atoms with Gasteiger partial charge in [0.2, 0.25) is 5.78 Å². The van der Waals surface area contributed by atoms with Crippen molar-refractivity contribution in [2.24, 2.45) is 0 Å². The summed E-state index contributed by atoms with van der Waals surface area (Å²) < 4.78 is 0. The Balaban J connectivity index is 0.00000121. The highest BCUT2D eigenvalue weighted by atomic mass is 128. The summed E-state index contributed by atoms with van der Waals surface area (Å²) in [6, 6.07) is 2.06. The molecule has 0 saturated heterocycles. The van der Waals surface area contributed by atoms with Gasteiger partial charge < -0.3 is 4.90 Å². The van der Waals surface area contributed by atoms with Gasteiger partial charge in [0, 0.05) is 61.0 Å². The molecule has 0 N–H and O–H groups in total. The van der Waals surface area contributed by atoms with E-state index in [1.165, 1.54) is 22.3 Å². The minimum absolute atomic E-state index is 0.414. The molecule has 1 aromatic heterocycles. The molecule has 1 rings (SSSR count). The topological polar surface area (TPSA) is 37.4 Å². The van der Waals surface area contributed by atoms with E-state index in [4.69, 9.17) is 0 Å². The molecule has 0 bridgehead atoms. The molecule has 0 atom stereocenters. The smallest absolute Gasteiger partial charge is 0.289 e. The number of carbonyl (C=O) groups is 2. The van der Waals surface area contributed by atoms with Gasteiger partial charge in [0.1, 0.15) is 0 Å². The van der Waals surface area contributed by atoms with Crippen molar-refractivity contribution >= 4 is 60.3 Å². The molecule has 0 aliphatic rings. The van der Waals surface area contributed by atoms with Gasteiger partial charge in [-0.3, -0.25) is 9.59 Å². The van der Waals surface area contributed by atoms with E-state index >= 15 is 0 Å². The van der Waals surface area contributed by atoms with Crippen molar-refractivity contribution in [2.45, 2.75) is 27.3 Å². The second-order valence-electron chi connectivity index (χ2n) is 3.67. The fourth-order valence-corrected chi connectivity index (χ4v) is 2.41. The number of hydrogen-bond donors (Lipinski definition) is 0. The zero-order chi connectivity index (χ0) is 13.6. The highest BCUT2D eigenvalue weighted by molar-refractivity contribution is 15.0. The summed E-state index contributed by atoms with van der Waals surface area (Å²) in [7, 11) is 1.65. The van der Waals surface area contributed by atoms with E-state index in [2.05, 4.69) is 50.2 Å². The lowest BCUT2D eigenvalue weighted by atomic mass is 10.3. The zero-order valence-electron chi connectivity index (χ0n) is 10.2. The number of ketones is 1. The third kappa shape index (κ3) is 5.64. The highest BCUT2D eigenvalue weighted by Gasteiger charge is 2.14. The number of nitrogens with zero attached hydrogens (tertiary/aromatic N) is 1. The molecule has 0 unspecified atom stereocenters. The van der Waals surface area contributed by atoms with Crippen molar-refractivity contribution in [1.29, 1.82) is 0 Å². The Bertz CT molecular complexity index is 385. The monoisotopic (exact) mass is 479 g/mol. The second kappa shape index (κ2) is 8.41. The standard InChI is InChI=1S/C11H15NO2S.I2/c1-7-5-10(15-9(7)3)6-12(4)11(14)8(2)13;1-2/h5H,6H2,1-4H3;. The van der Waals surface area contributed by atoms with Crippen LogP contribution < -0.4 is 0 Å². The molecule has 3 nitrogen and oxygen atoms in total. The average molecular weight is 479 g/mol. The molecule has 0 aliphatic heterocycles. The summed E-state index contributed by atoms with van der Waals surface area (Å²) in [6.07, 6.45) is 0. The van der Waals surface area contributed by atoms with Crippen LogP contribution in [0.5, 0.6) is 0 Å². The van der Waals surface area contributed by atoms with Crippen LogP contribution in [-0.4, -0.2) is 23.6 Å². The maximum atomic E-state index is 11.3. The predicted octanol–water partition coefficient (Wildman–Crippen LogP) is 3.68. The Labute approximate surface area is 129 Å². The van der Waals surface area contributed by atoms with Crippen molar-refractivity contribution in [2.75, 3.05) is 7.05 Å². The first-order chi connectivity index (χ1) is 7.91. The first kappa shape index (κ1) is 17.3. The Kier molecular flexibility index (Phi) is 8.56. The molecule has 1 aromatic rings. The van der Waals surface area contributed by atoms with E-state index in [1.807, 2.05) is 6.92 Å². The van der Waals surface area contributed by atoms with Gasteiger partial charge in [-0.15, -0.1) is 11.3 Å². The molecule has 0 aromatic carbocycles. The van der Waals surface area contributed by atoms with Gasteiger partial charge >= 0.3 is 0 Å². The maximum Gasteiger partial charge on any atom is 0.289 e. The number of carbonyl (C=O) groups excluding carboxylic acids is 2. The molecule has 0 spiro atoms. The van der Waals surface area contributed by atoms with Crippen molar-refractivity contribution in [3.05, 3.63) is 21.4 Å². The van der Waals surface area contributed by atoms with Gasteiger partial charge in [-0.1, -0.05) is 0 Å². The number of halogens is 2. The van der Waals surface area contributed by atoms with E-state index in [-0.39, 0.29) is 0 Å². The van der Waals surface area contributed by atoms with Gasteiger partial charge in [0.05, 0.1) is 6.54 Å². The van der Waals surface area contributed by atoms with E-state index in [9.17, 15) is 9.59 Å². The average Bonchev–Trinajstić information content (AvgIpc) is 2.59. The molecule has 0 fully saturated rings. The normalized spacial score (nSPS) is 9.29. The number of amides is 1. The van der Waals surface area contributed by atoms with Crippen molar-refractivity contribution < 1.29 is 9.59 Å². The zero-order valence-corrected chi connectivity index (χ0v) is 15.3. The van der Waals surface area contributed by atoms with Crippen LogP contribution >= 0.6 is 48.6 Å². The molecule has 0 radical (unpaired) electrons. The van der Waals surface area contributed by atoms with Crippen LogP contribution in [0, 0.1) is 13.8 Å². The Hall–Kier alpha value is 0.300. The van der Waals surface area contributed by atoms with Crippen molar-refractivity contribution in [3.8, 4) is 0 Å². The van der Waals surface area contributed by atoms with Gasteiger partial charge in [0.25, 0.3) is 5.91 Å². The molecule has 0 saturated carbocycles. The molecule has 1 amide bonds. The third-order valence-corrected chi connectivity index (χ3v) is 3.40. The largest absolute Gasteiger partial charge is 0.334 e. The van der Waals surface area contributed by atoms with Crippen LogP contribution in [0.15, 0.2) is 6.07 Å². The Morgan fingerprint density at radius 1 is 1.35 bits per heavy atom. The summed E-state index contributed by atoms with van der Waals surface area (Å²) in [5, 5.41) is 0. The lowest BCUT2D eigenvalue weighted by molar-refractivity contribution is -0.143.